The number of rotatable bonds is 6. The van der Waals surface area contributed by atoms with E-state index in [1.807, 2.05) is 24.3 Å². The van der Waals surface area contributed by atoms with E-state index in [1.165, 1.54) is 22.6 Å². The number of aryl methyl sites for hydroxylation is 1. The number of quaternary nitrogens is 1. The number of amides is 2. The number of benzene rings is 2. The van der Waals surface area contributed by atoms with E-state index in [4.69, 9.17) is 0 Å². The van der Waals surface area contributed by atoms with Crippen molar-refractivity contribution in [3.05, 3.63) is 59.9 Å². The summed E-state index contributed by atoms with van der Waals surface area (Å²) < 4.78 is 13.2. The van der Waals surface area contributed by atoms with Crippen molar-refractivity contribution in [1.29, 1.82) is 0 Å². The molecule has 0 bridgehead atoms. The second-order valence-electron chi connectivity index (χ2n) is 8.22. The molecule has 2 saturated heterocycles. The highest BCUT2D eigenvalue weighted by Gasteiger charge is 2.46. The van der Waals surface area contributed by atoms with Gasteiger partial charge in [-0.15, -0.1) is 0 Å². The number of hydrogen-bond acceptors (Lipinski definition) is 3. The van der Waals surface area contributed by atoms with Crippen LogP contribution in [0.5, 0.6) is 0 Å². The summed E-state index contributed by atoms with van der Waals surface area (Å²) >= 11 is 0. The fraction of sp³-hybridized carbons (Fsp3) is 0.417. The standard InChI is InChI=1S/C24H28FN3O2/c1-2-3-4-18-5-9-21(10-6-18)28-23(29)17-22(24(28)30)27-15-13-26(14-16-27)20-11-7-19(25)8-12-20/h5-12,22H,2-4,13-17H2,1H3/p+1/t22-/m1/s1. The Balaban J connectivity index is 1.39. The van der Waals surface area contributed by atoms with Crippen LogP contribution in [-0.2, 0) is 16.0 Å². The van der Waals surface area contributed by atoms with Crippen LogP contribution in [0, 0.1) is 5.82 Å². The lowest BCUT2D eigenvalue weighted by molar-refractivity contribution is -0.915. The number of unbranched alkanes of at least 4 members (excludes halogenated alkanes) is 1. The van der Waals surface area contributed by atoms with E-state index in [9.17, 15) is 14.0 Å². The van der Waals surface area contributed by atoms with Crippen molar-refractivity contribution >= 4 is 23.2 Å². The van der Waals surface area contributed by atoms with Gasteiger partial charge in [0, 0.05) is 5.69 Å². The summed E-state index contributed by atoms with van der Waals surface area (Å²) in [6.45, 7) is 5.30. The summed E-state index contributed by atoms with van der Waals surface area (Å²) in [7, 11) is 0. The molecule has 0 radical (unpaired) electrons. The predicted molar refractivity (Wildman–Crippen MR) is 115 cm³/mol. The van der Waals surface area contributed by atoms with Crippen molar-refractivity contribution in [1.82, 2.24) is 0 Å². The quantitative estimate of drug-likeness (QED) is 0.743. The average Bonchev–Trinajstić information content (AvgIpc) is 3.07. The number of nitrogens with zero attached hydrogens (tertiary/aromatic N) is 2. The lowest BCUT2D eigenvalue weighted by Gasteiger charge is -2.35. The Morgan fingerprint density at radius 3 is 2.23 bits per heavy atom. The molecule has 2 aromatic carbocycles. The molecular formula is C24H29FN3O2+. The summed E-state index contributed by atoms with van der Waals surface area (Å²) in [6, 6.07) is 14.0. The molecule has 2 aliphatic heterocycles. The van der Waals surface area contributed by atoms with Gasteiger partial charge in [0.1, 0.15) is 5.82 Å². The Kier molecular flexibility index (Phi) is 6.13. The normalized spacial score (nSPS) is 20.3. The van der Waals surface area contributed by atoms with E-state index in [0.717, 1.165) is 56.0 Å². The smallest absolute Gasteiger partial charge is 0.292 e. The molecular weight excluding hydrogens is 381 g/mol. The summed E-state index contributed by atoms with van der Waals surface area (Å²) in [5, 5.41) is 0. The second-order valence-corrected chi connectivity index (χ2v) is 8.22. The lowest BCUT2D eigenvalue weighted by atomic mass is 10.1. The van der Waals surface area contributed by atoms with Crippen LogP contribution in [0.2, 0.25) is 0 Å². The molecule has 1 atom stereocenters. The van der Waals surface area contributed by atoms with Crippen LogP contribution in [0.15, 0.2) is 48.5 Å². The molecule has 0 spiro atoms. The van der Waals surface area contributed by atoms with Crippen LogP contribution < -0.4 is 14.7 Å². The molecule has 0 saturated carbocycles. The molecule has 30 heavy (non-hydrogen) atoms. The largest absolute Gasteiger partial charge is 0.360 e. The third-order valence-corrected chi connectivity index (χ3v) is 6.25. The minimum Gasteiger partial charge on any atom is -0.360 e. The van der Waals surface area contributed by atoms with Gasteiger partial charge in [0.05, 0.1) is 38.3 Å². The average molecular weight is 411 g/mol. The highest BCUT2D eigenvalue weighted by atomic mass is 19.1. The number of carbonyl (C=O) groups is 2. The molecule has 0 unspecified atom stereocenters. The van der Waals surface area contributed by atoms with Crippen molar-refractivity contribution in [2.75, 3.05) is 36.0 Å². The van der Waals surface area contributed by atoms with Gasteiger partial charge in [-0.05, 0) is 54.8 Å². The molecule has 0 aliphatic carbocycles. The van der Waals surface area contributed by atoms with Crippen molar-refractivity contribution in [2.45, 2.75) is 38.6 Å². The Hall–Kier alpha value is -2.73. The summed E-state index contributed by atoms with van der Waals surface area (Å²) in [6.07, 6.45) is 3.56. The van der Waals surface area contributed by atoms with E-state index < -0.39 is 0 Å². The van der Waals surface area contributed by atoms with Gasteiger partial charge in [0.25, 0.3) is 5.91 Å². The minimum atomic E-state index is -0.312. The Morgan fingerprint density at radius 1 is 0.967 bits per heavy atom. The van der Waals surface area contributed by atoms with E-state index in [1.54, 1.807) is 12.1 Å². The van der Waals surface area contributed by atoms with E-state index in [-0.39, 0.29) is 30.1 Å². The summed E-state index contributed by atoms with van der Waals surface area (Å²) in [5.41, 5.74) is 2.91. The van der Waals surface area contributed by atoms with Crippen LogP contribution in [0.25, 0.3) is 0 Å². The molecule has 1 N–H and O–H groups in total. The zero-order valence-corrected chi connectivity index (χ0v) is 17.4. The van der Waals surface area contributed by atoms with Gasteiger partial charge in [0.2, 0.25) is 5.91 Å². The Bertz CT molecular complexity index is 890. The van der Waals surface area contributed by atoms with Crippen molar-refractivity contribution in [3.63, 3.8) is 0 Å². The maximum Gasteiger partial charge on any atom is 0.292 e. The van der Waals surface area contributed by atoms with E-state index >= 15 is 0 Å². The maximum absolute atomic E-state index is 13.2. The van der Waals surface area contributed by atoms with Crippen LogP contribution in [0.1, 0.15) is 31.7 Å². The van der Waals surface area contributed by atoms with Gasteiger partial charge < -0.3 is 9.80 Å². The van der Waals surface area contributed by atoms with Crippen molar-refractivity contribution in [3.8, 4) is 0 Å². The first kappa shape index (κ1) is 20.5. The molecule has 2 aliphatic rings. The Morgan fingerprint density at radius 2 is 1.60 bits per heavy atom. The third-order valence-electron chi connectivity index (χ3n) is 6.25. The molecule has 6 heteroatoms. The third kappa shape index (κ3) is 4.24. The molecule has 2 heterocycles. The van der Waals surface area contributed by atoms with Gasteiger partial charge in [-0.3, -0.25) is 9.59 Å². The number of halogens is 1. The fourth-order valence-electron chi connectivity index (χ4n) is 4.47. The molecule has 2 fully saturated rings. The summed E-state index contributed by atoms with van der Waals surface area (Å²) in [4.78, 5) is 30.5. The first-order valence-corrected chi connectivity index (χ1v) is 10.9. The van der Waals surface area contributed by atoms with Crippen LogP contribution in [-0.4, -0.2) is 44.0 Å². The van der Waals surface area contributed by atoms with Gasteiger partial charge in [0.15, 0.2) is 6.04 Å². The number of hydrogen-bond donors (Lipinski definition) is 1. The van der Waals surface area contributed by atoms with Gasteiger partial charge >= 0.3 is 0 Å². The first-order chi connectivity index (χ1) is 14.6. The van der Waals surface area contributed by atoms with Gasteiger partial charge in [-0.2, -0.15) is 0 Å². The number of anilines is 2. The number of carbonyl (C=O) groups excluding carboxylic acids is 2. The number of nitrogens with one attached hydrogen (secondary N) is 1. The molecule has 2 aromatic rings. The van der Waals surface area contributed by atoms with Crippen LogP contribution >= 0.6 is 0 Å². The zero-order chi connectivity index (χ0) is 21.1. The summed E-state index contributed by atoms with van der Waals surface area (Å²) in [5.74, 6) is -0.442. The first-order valence-electron chi connectivity index (χ1n) is 10.9. The highest BCUT2D eigenvalue weighted by molar-refractivity contribution is 6.21. The van der Waals surface area contributed by atoms with E-state index in [2.05, 4.69) is 11.8 Å². The molecule has 0 aromatic heterocycles. The number of piperazine rings is 1. The molecule has 158 valence electrons. The van der Waals surface area contributed by atoms with E-state index in [0.29, 0.717) is 5.69 Å². The molecule has 2 amide bonds. The zero-order valence-electron chi connectivity index (χ0n) is 17.4. The van der Waals surface area contributed by atoms with Gasteiger partial charge in [-0.1, -0.05) is 25.5 Å². The van der Waals surface area contributed by atoms with Crippen LogP contribution in [0.4, 0.5) is 15.8 Å². The predicted octanol–water partition coefficient (Wildman–Crippen LogP) is 2.21. The Labute approximate surface area is 177 Å². The highest BCUT2D eigenvalue weighted by Crippen LogP contribution is 2.23. The molecule has 5 nitrogen and oxygen atoms in total. The van der Waals surface area contributed by atoms with Crippen LogP contribution in [0.3, 0.4) is 0 Å². The SMILES string of the molecule is CCCCc1ccc(N2C(=O)C[C@@H]([NH+]3CCN(c4ccc(F)cc4)CC3)C2=O)cc1. The minimum absolute atomic E-state index is 0.0912. The van der Waals surface area contributed by atoms with Crippen molar-refractivity contribution in [2.24, 2.45) is 0 Å². The maximum atomic E-state index is 13.2. The van der Waals surface area contributed by atoms with Gasteiger partial charge in [-0.25, -0.2) is 9.29 Å². The monoisotopic (exact) mass is 410 g/mol. The molecule has 4 rings (SSSR count). The topological polar surface area (TPSA) is 45.1 Å². The lowest BCUT2D eigenvalue weighted by Crippen LogP contribution is -3.19. The number of imide groups is 1. The van der Waals surface area contributed by atoms with Crippen molar-refractivity contribution < 1.29 is 18.9 Å². The second kappa shape index (κ2) is 8.96. The fourth-order valence-corrected chi connectivity index (χ4v) is 4.47.